The molecule has 0 bridgehead atoms. The number of rotatable bonds is 7. The van der Waals surface area contributed by atoms with Crippen molar-refractivity contribution in [2.24, 2.45) is 0 Å². The van der Waals surface area contributed by atoms with E-state index in [4.69, 9.17) is 0 Å². The minimum absolute atomic E-state index is 0.172. The van der Waals surface area contributed by atoms with E-state index in [1.165, 1.54) is 6.07 Å². The molecule has 0 aliphatic heterocycles. The zero-order valence-electron chi connectivity index (χ0n) is 11.7. The van der Waals surface area contributed by atoms with Crippen molar-refractivity contribution < 1.29 is 4.39 Å². The fourth-order valence-corrected chi connectivity index (χ4v) is 2.53. The Labute approximate surface area is 114 Å². The van der Waals surface area contributed by atoms with Crippen LogP contribution in [0.4, 0.5) is 10.1 Å². The molecule has 0 radical (unpaired) electrons. The van der Waals surface area contributed by atoms with Crippen LogP contribution in [0.5, 0.6) is 0 Å². The number of nitrogens with zero attached hydrogens (tertiary/aromatic N) is 1. The standard InChI is InChI=1S/C14H23FN2S/c1-11(7-8-18-4)17(3)14-6-5-13(15)9-12(14)10-16-2/h5-6,9,11,16H,7-8,10H2,1-4H3. The molecule has 1 aromatic carbocycles. The molecule has 0 saturated carbocycles. The van der Waals surface area contributed by atoms with Gasteiger partial charge in [0.05, 0.1) is 0 Å². The van der Waals surface area contributed by atoms with Crippen molar-refractivity contribution in [1.29, 1.82) is 0 Å². The summed E-state index contributed by atoms with van der Waals surface area (Å²) in [5, 5.41) is 3.09. The van der Waals surface area contributed by atoms with Gasteiger partial charge in [-0.1, -0.05) is 0 Å². The fourth-order valence-electron chi connectivity index (χ4n) is 1.95. The summed E-state index contributed by atoms with van der Waals surface area (Å²) >= 11 is 1.86. The molecule has 0 spiro atoms. The summed E-state index contributed by atoms with van der Waals surface area (Å²) in [7, 11) is 3.96. The third-order valence-electron chi connectivity index (χ3n) is 3.19. The lowest BCUT2D eigenvalue weighted by molar-refractivity contribution is 0.620. The van der Waals surface area contributed by atoms with Gasteiger partial charge in [-0.25, -0.2) is 4.39 Å². The molecular formula is C14H23FN2S. The fraction of sp³-hybridized carbons (Fsp3) is 0.571. The van der Waals surface area contributed by atoms with Crippen LogP contribution in [0.3, 0.4) is 0 Å². The molecule has 0 fully saturated rings. The van der Waals surface area contributed by atoms with E-state index in [2.05, 4.69) is 30.4 Å². The van der Waals surface area contributed by atoms with Crippen LogP contribution in [0.1, 0.15) is 18.9 Å². The molecule has 4 heteroatoms. The summed E-state index contributed by atoms with van der Waals surface area (Å²) in [6.07, 6.45) is 3.26. The zero-order valence-corrected chi connectivity index (χ0v) is 12.5. The highest BCUT2D eigenvalue weighted by molar-refractivity contribution is 7.98. The number of anilines is 1. The third-order valence-corrected chi connectivity index (χ3v) is 3.83. The lowest BCUT2D eigenvalue weighted by Gasteiger charge is -2.29. The minimum Gasteiger partial charge on any atom is -0.372 e. The van der Waals surface area contributed by atoms with E-state index in [-0.39, 0.29) is 5.82 Å². The third kappa shape index (κ3) is 4.18. The predicted octanol–water partition coefficient (Wildman–Crippen LogP) is 3.12. The van der Waals surface area contributed by atoms with Gasteiger partial charge in [0.1, 0.15) is 5.82 Å². The monoisotopic (exact) mass is 270 g/mol. The maximum Gasteiger partial charge on any atom is 0.123 e. The molecule has 1 unspecified atom stereocenters. The van der Waals surface area contributed by atoms with Gasteiger partial charge in [-0.15, -0.1) is 0 Å². The van der Waals surface area contributed by atoms with Gasteiger partial charge in [0, 0.05) is 25.3 Å². The Morgan fingerprint density at radius 3 is 2.78 bits per heavy atom. The van der Waals surface area contributed by atoms with Crippen LogP contribution in [0.2, 0.25) is 0 Å². The van der Waals surface area contributed by atoms with Gasteiger partial charge in [0.25, 0.3) is 0 Å². The second-order valence-corrected chi connectivity index (χ2v) is 5.53. The highest BCUT2D eigenvalue weighted by Crippen LogP contribution is 2.23. The number of thioether (sulfide) groups is 1. The van der Waals surface area contributed by atoms with Crippen LogP contribution in [-0.2, 0) is 6.54 Å². The maximum absolute atomic E-state index is 13.3. The van der Waals surface area contributed by atoms with Crippen LogP contribution < -0.4 is 10.2 Å². The van der Waals surface area contributed by atoms with Crippen molar-refractivity contribution in [1.82, 2.24) is 5.32 Å². The number of hydrogen-bond donors (Lipinski definition) is 1. The Kier molecular flexibility index (Phi) is 6.50. The topological polar surface area (TPSA) is 15.3 Å². The Morgan fingerprint density at radius 1 is 1.44 bits per heavy atom. The molecular weight excluding hydrogens is 247 g/mol. The first-order valence-electron chi connectivity index (χ1n) is 6.25. The number of hydrogen-bond acceptors (Lipinski definition) is 3. The van der Waals surface area contributed by atoms with Crippen molar-refractivity contribution in [2.75, 3.05) is 31.0 Å². The van der Waals surface area contributed by atoms with E-state index in [1.807, 2.05) is 24.9 Å². The van der Waals surface area contributed by atoms with Gasteiger partial charge >= 0.3 is 0 Å². The molecule has 2 nitrogen and oxygen atoms in total. The average Bonchev–Trinajstić information content (AvgIpc) is 2.36. The normalized spacial score (nSPS) is 12.5. The van der Waals surface area contributed by atoms with Crippen LogP contribution >= 0.6 is 11.8 Å². The van der Waals surface area contributed by atoms with Gasteiger partial charge in [-0.2, -0.15) is 11.8 Å². The molecule has 18 heavy (non-hydrogen) atoms. The van der Waals surface area contributed by atoms with Crippen molar-refractivity contribution >= 4 is 17.4 Å². The van der Waals surface area contributed by atoms with Crippen LogP contribution in [0.15, 0.2) is 18.2 Å². The molecule has 1 rings (SSSR count). The predicted molar refractivity (Wildman–Crippen MR) is 80.0 cm³/mol. The molecule has 0 aromatic heterocycles. The Morgan fingerprint density at radius 2 is 2.17 bits per heavy atom. The molecule has 1 aromatic rings. The van der Waals surface area contributed by atoms with Crippen molar-refractivity contribution in [2.45, 2.75) is 25.9 Å². The summed E-state index contributed by atoms with van der Waals surface area (Å²) in [5.74, 6) is 0.975. The summed E-state index contributed by atoms with van der Waals surface area (Å²) in [6, 6.07) is 5.48. The number of nitrogens with one attached hydrogen (secondary N) is 1. The first kappa shape index (κ1) is 15.3. The number of benzene rings is 1. The first-order valence-corrected chi connectivity index (χ1v) is 7.64. The van der Waals surface area contributed by atoms with Gasteiger partial charge < -0.3 is 10.2 Å². The zero-order chi connectivity index (χ0) is 13.5. The van der Waals surface area contributed by atoms with E-state index in [1.54, 1.807) is 6.07 Å². The van der Waals surface area contributed by atoms with E-state index < -0.39 is 0 Å². The van der Waals surface area contributed by atoms with Gasteiger partial charge in [-0.05, 0) is 56.2 Å². The highest BCUT2D eigenvalue weighted by atomic mass is 32.2. The molecule has 0 amide bonds. The van der Waals surface area contributed by atoms with E-state index >= 15 is 0 Å². The molecule has 0 saturated heterocycles. The van der Waals surface area contributed by atoms with E-state index in [0.29, 0.717) is 12.6 Å². The SMILES string of the molecule is CNCc1cc(F)ccc1N(C)C(C)CCSC. The lowest BCUT2D eigenvalue weighted by Crippen LogP contribution is -2.30. The molecule has 1 atom stereocenters. The first-order chi connectivity index (χ1) is 8.60. The van der Waals surface area contributed by atoms with Crippen molar-refractivity contribution in [3.8, 4) is 0 Å². The molecule has 0 heterocycles. The Balaban J connectivity index is 2.86. The van der Waals surface area contributed by atoms with Gasteiger partial charge in [-0.3, -0.25) is 0 Å². The quantitative estimate of drug-likeness (QED) is 0.819. The lowest BCUT2D eigenvalue weighted by atomic mass is 10.1. The van der Waals surface area contributed by atoms with Crippen LogP contribution in [-0.4, -0.2) is 32.1 Å². The van der Waals surface area contributed by atoms with Gasteiger partial charge in [0.2, 0.25) is 0 Å². The molecule has 0 aliphatic carbocycles. The average molecular weight is 270 g/mol. The largest absolute Gasteiger partial charge is 0.372 e. The molecule has 1 N–H and O–H groups in total. The van der Waals surface area contributed by atoms with Crippen molar-refractivity contribution in [3.63, 3.8) is 0 Å². The number of halogens is 1. The van der Waals surface area contributed by atoms with E-state index in [0.717, 1.165) is 23.4 Å². The molecule has 102 valence electrons. The summed E-state index contributed by atoms with van der Waals surface area (Å²) < 4.78 is 13.3. The molecule has 0 aliphatic rings. The van der Waals surface area contributed by atoms with Crippen LogP contribution in [0.25, 0.3) is 0 Å². The summed E-state index contributed by atoms with van der Waals surface area (Å²) in [6.45, 7) is 2.90. The summed E-state index contributed by atoms with van der Waals surface area (Å²) in [5.41, 5.74) is 2.12. The van der Waals surface area contributed by atoms with Crippen LogP contribution in [0, 0.1) is 5.82 Å². The second-order valence-electron chi connectivity index (χ2n) is 4.54. The smallest absolute Gasteiger partial charge is 0.123 e. The van der Waals surface area contributed by atoms with Crippen molar-refractivity contribution in [3.05, 3.63) is 29.6 Å². The second kappa shape index (κ2) is 7.64. The minimum atomic E-state index is -0.172. The highest BCUT2D eigenvalue weighted by Gasteiger charge is 2.13. The summed E-state index contributed by atoms with van der Waals surface area (Å²) in [4.78, 5) is 2.24. The Hall–Kier alpha value is -0.740. The van der Waals surface area contributed by atoms with E-state index in [9.17, 15) is 4.39 Å². The maximum atomic E-state index is 13.3. The Bertz CT molecular complexity index is 371. The van der Waals surface area contributed by atoms with Gasteiger partial charge in [0.15, 0.2) is 0 Å².